The molecule has 4 rings (SSSR count). The number of aliphatic hydroxyl groups is 1. The Bertz CT molecular complexity index is 1150. The summed E-state index contributed by atoms with van der Waals surface area (Å²) < 4.78 is 10.9. The van der Waals surface area contributed by atoms with E-state index in [0.29, 0.717) is 48.8 Å². The SMILES string of the molecule is COCCCN(Cc1nc2sc3c(c2c(=O)[nH]1)CC[C@H](C)C3)C[C@H](O)COc1ccc(Cl)cc1. The molecule has 0 radical (unpaired) electrons. The van der Waals surface area contributed by atoms with E-state index in [1.807, 2.05) is 0 Å². The number of methoxy groups -OCH3 is 1. The zero-order chi connectivity index (χ0) is 24.1. The maximum absolute atomic E-state index is 13.0. The van der Waals surface area contributed by atoms with Crippen molar-refractivity contribution >= 4 is 33.2 Å². The van der Waals surface area contributed by atoms with Crippen molar-refractivity contribution in [1.29, 1.82) is 0 Å². The van der Waals surface area contributed by atoms with Crippen LogP contribution >= 0.6 is 22.9 Å². The summed E-state index contributed by atoms with van der Waals surface area (Å²) in [5, 5.41) is 12.0. The summed E-state index contributed by atoms with van der Waals surface area (Å²) in [4.78, 5) is 25.0. The molecule has 0 unspecified atom stereocenters. The van der Waals surface area contributed by atoms with E-state index in [-0.39, 0.29) is 12.2 Å². The Morgan fingerprint density at radius 1 is 1.35 bits per heavy atom. The number of thiophene rings is 1. The molecule has 0 amide bonds. The third kappa shape index (κ3) is 6.37. The van der Waals surface area contributed by atoms with Gasteiger partial charge in [0.05, 0.1) is 11.9 Å². The van der Waals surface area contributed by atoms with E-state index in [0.717, 1.165) is 35.9 Å². The Labute approximate surface area is 208 Å². The van der Waals surface area contributed by atoms with Crippen molar-refractivity contribution in [1.82, 2.24) is 14.9 Å². The molecule has 2 heterocycles. The van der Waals surface area contributed by atoms with Crippen LogP contribution in [0.1, 0.15) is 36.0 Å². The second-order valence-electron chi connectivity index (χ2n) is 9.04. The molecule has 2 N–H and O–H groups in total. The van der Waals surface area contributed by atoms with E-state index in [4.69, 9.17) is 26.1 Å². The first-order valence-corrected chi connectivity index (χ1v) is 12.9. The van der Waals surface area contributed by atoms with E-state index >= 15 is 0 Å². The van der Waals surface area contributed by atoms with Crippen molar-refractivity contribution in [2.45, 2.75) is 45.3 Å². The number of hydrogen-bond acceptors (Lipinski definition) is 7. The average molecular weight is 506 g/mol. The molecule has 2 atom stereocenters. The van der Waals surface area contributed by atoms with Gasteiger partial charge in [0, 0.05) is 36.7 Å². The van der Waals surface area contributed by atoms with Crippen molar-refractivity contribution in [3.8, 4) is 5.75 Å². The highest BCUT2D eigenvalue weighted by Crippen LogP contribution is 2.35. The fourth-order valence-electron chi connectivity index (χ4n) is 4.42. The Balaban J connectivity index is 1.45. The molecule has 9 heteroatoms. The van der Waals surface area contributed by atoms with Crippen molar-refractivity contribution in [2.75, 3.05) is 33.4 Å². The van der Waals surface area contributed by atoms with Crippen molar-refractivity contribution in [3.63, 3.8) is 0 Å². The number of fused-ring (bicyclic) bond motifs is 3. The van der Waals surface area contributed by atoms with Crippen LogP contribution in [0.2, 0.25) is 5.02 Å². The van der Waals surface area contributed by atoms with Crippen LogP contribution in [0.4, 0.5) is 0 Å². The maximum atomic E-state index is 13.0. The van der Waals surface area contributed by atoms with Crippen LogP contribution in [0, 0.1) is 5.92 Å². The number of aryl methyl sites for hydroxylation is 1. The van der Waals surface area contributed by atoms with Gasteiger partial charge in [0.2, 0.25) is 0 Å². The molecular weight excluding hydrogens is 474 g/mol. The number of nitrogens with one attached hydrogen (secondary N) is 1. The summed E-state index contributed by atoms with van der Waals surface area (Å²) in [7, 11) is 1.67. The van der Waals surface area contributed by atoms with Gasteiger partial charge in [-0.15, -0.1) is 11.3 Å². The van der Waals surface area contributed by atoms with E-state index in [9.17, 15) is 9.90 Å². The van der Waals surface area contributed by atoms with Crippen LogP contribution < -0.4 is 10.3 Å². The van der Waals surface area contributed by atoms with Crippen molar-refractivity contribution in [2.24, 2.45) is 5.92 Å². The standard InChI is InChI=1S/C25H32ClN3O4S/c1-16-4-9-20-21(12-16)34-25-23(20)24(31)27-22(28-25)14-29(10-3-11-32-2)13-18(30)15-33-19-7-5-17(26)6-8-19/h5-8,16,18,30H,3-4,9-15H2,1-2H3,(H,27,28,31)/t16-,18-/m0/s1. The number of halogens is 1. The fraction of sp³-hybridized carbons (Fsp3) is 0.520. The van der Waals surface area contributed by atoms with Gasteiger partial charge in [-0.2, -0.15) is 0 Å². The Kier molecular flexibility index (Phi) is 8.60. The van der Waals surface area contributed by atoms with Gasteiger partial charge < -0.3 is 19.6 Å². The van der Waals surface area contributed by atoms with Gasteiger partial charge in [0.15, 0.2) is 0 Å². The van der Waals surface area contributed by atoms with E-state index in [1.54, 1.807) is 42.7 Å². The Morgan fingerprint density at radius 2 is 2.15 bits per heavy atom. The van der Waals surface area contributed by atoms with Crippen LogP contribution in [-0.4, -0.2) is 59.5 Å². The second kappa shape index (κ2) is 11.6. The molecule has 3 aromatic rings. The highest BCUT2D eigenvalue weighted by Gasteiger charge is 2.23. The number of hydrogen-bond donors (Lipinski definition) is 2. The van der Waals surface area contributed by atoms with Crippen LogP contribution in [0.15, 0.2) is 29.1 Å². The first kappa shape index (κ1) is 25.1. The predicted molar refractivity (Wildman–Crippen MR) is 136 cm³/mol. The van der Waals surface area contributed by atoms with Gasteiger partial charge >= 0.3 is 0 Å². The molecular formula is C25H32ClN3O4S. The Hall–Kier alpha value is -1.97. The summed E-state index contributed by atoms with van der Waals surface area (Å²) in [6, 6.07) is 7.05. The minimum atomic E-state index is -0.704. The zero-order valence-electron chi connectivity index (χ0n) is 19.7. The molecule has 1 aromatic carbocycles. The normalized spacial score (nSPS) is 16.7. The number of aliphatic hydroxyl groups excluding tert-OH is 1. The molecule has 34 heavy (non-hydrogen) atoms. The topological polar surface area (TPSA) is 87.7 Å². The molecule has 2 aromatic heterocycles. The largest absolute Gasteiger partial charge is 0.491 e. The van der Waals surface area contributed by atoms with Gasteiger partial charge in [-0.25, -0.2) is 4.98 Å². The first-order chi connectivity index (χ1) is 16.4. The number of benzene rings is 1. The molecule has 7 nitrogen and oxygen atoms in total. The fourth-order valence-corrected chi connectivity index (χ4v) is 5.95. The van der Waals surface area contributed by atoms with Crippen molar-refractivity contribution in [3.05, 3.63) is 55.9 Å². The lowest BCUT2D eigenvalue weighted by Gasteiger charge is -2.24. The lowest BCUT2D eigenvalue weighted by atomic mass is 9.89. The van der Waals surface area contributed by atoms with Crippen LogP contribution in [-0.2, 0) is 24.1 Å². The van der Waals surface area contributed by atoms with Gasteiger partial charge in [0.25, 0.3) is 5.56 Å². The smallest absolute Gasteiger partial charge is 0.259 e. The van der Waals surface area contributed by atoms with E-state index in [1.165, 1.54) is 10.4 Å². The monoisotopic (exact) mass is 505 g/mol. The van der Waals surface area contributed by atoms with E-state index in [2.05, 4.69) is 16.8 Å². The van der Waals surface area contributed by atoms with Gasteiger partial charge in [-0.05, 0) is 61.4 Å². The number of H-pyrrole nitrogens is 1. The predicted octanol–water partition coefficient (Wildman–Crippen LogP) is 4.04. The molecule has 0 aliphatic heterocycles. The lowest BCUT2D eigenvalue weighted by Crippen LogP contribution is -2.37. The summed E-state index contributed by atoms with van der Waals surface area (Å²) in [5.41, 5.74) is 1.13. The Morgan fingerprint density at radius 3 is 2.91 bits per heavy atom. The molecule has 0 fully saturated rings. The molecule has 0 spiro atoms. The van der Waals surface area contributed by atoms with Crippen LogP contribution in [0.25, 0.3) is 10.2 Å². The molecule has 1 aliphatic carbocycles. The lowest BCUT2D eigenvalue weighted by molar-refractivity contribution is 0.0609. The first-order valence-electron chi connectivity index (χ1n) is 11.7. The minimum Gasteiger partial charge on any atom is -0.491 e. The third-order valence-electron chi connectivity index (χ3n) is 6.14. The number of nitrogens with zero attached hydrogens (tertiary/aromatic N) is 2. The molecule has 184 valence electrons. The van der Waals surface area contributed by atoms with Gasteiger partial charge in [0.1, 0.15) is 29.1 Å². The molecule has 1 aliphatic rings. The average Bonchev–Trinajstić information content (AvgIpc) is 3.16. The quantitative estimate of drug-likeness (QED) is 0.382. The van der Waals surface area contributed by atoms with Crippen molar-refractivity contribution < 1.29 is 14.6 Å². The zero-order valence-corrected chi connectivity index (χ0v) is 21.3. The number of ether oxygens (including phenoxy) is 2. The summed E-state index contributed by atoms with van der Waals surface area (Å²) in [6.07, 6.45) is 3.18. The third-order valence-corrected chi connectivity index (χ3v) is 7.54. The van der Waals surface area contributed by atoms with Crippen LogP contribution in [0.3, 0.4) is 0 Å². The number of rotatable bonds is 11. The number of aromatic nitrogens is 2. The summed E-state index contributed by atoms with van der Waals surface area (Å²) in [5.74, 6) is 1.92. The molecule has 0 saturated heterocycles. The maximum Gasteiger partial charge on any atom is 0.259 e. The molecule has 0 saturated carbocycles. The van der Waals surface area contributed by atoms with Gasteiger partial charge in [-0.1, -0.05) is 18.5 Å². The number of aromatic amines is 1. The van der Waals surface area contributed by atoms with Crippen LogP contribution in [0.5, 0.6) is 5.75 Å². The highest BCUT2D eigenvalue weighted by molar-refractivity contribution is 7.18. The minimum absolute atomic E-state index is 0.0597. The second-order valence-corrected chi connectivity index (χ2v) is 10.6. The van der Waals surface area contributed by atoms with Gasteiger partial charge in [-0.3, -0.25) is 9.69 Å². The summed E-state index contributed by atoms with van der Waals surface area (Å²) >= 11 is 7.56. The highest BCUT2D eigenvalue weighted by atomic mass is 35.5. The van der Waals surface area contributed by atoms with E-state index < -0.39 is 6.10 Å². The molecule has 0 bridgehead atoms. The summed E-state index contributed by atoms with van der Waals surface area (Å²) in [6.45, 7) is 4.56.